The van der Waals surface area contributed by atoms with Gasteiger partial charge in [0, 0.05) is 12.2 Å². The van der Waals surface area contributed by atoms with Crippen LogP contribution >= 0.6 is 0 Å². The minimum Gasteiger partial charge on any atom is -0.491 e. The Hall–Kier alpha value is -6.57. The van der Waals surface area contributed by atoms with Crippen molar-refractivity contribution in [3.63, 3.8) is 0 Å². The third-order valence-corrected chi connectivity index (χ3v) is 7.59. The van der Waals surface area contributed by atoms with E-state index in [0.717, 1.165) is 23.3 Å². The Labute approximate surface area is 324 Å². The van der Waals surface area contributed by atoms with Crippen molar-refractivity contribution in [1.29, 1.82) is 0 Å². The van der Waals surface area contributed by atoms with Gasteiger partial charge in [-0.3, -0.25) is 0 Å². The maximum atomic E-state index is 12.8. The number of benzene rings is 4. The molecule has 292 valence electrons. The van der Waals surface area contributed by atoms with Crippen molar-refractivity contribution >= 4 is 29.8 Å². The Morgan fingerprint density at radius 1 is 0.518 bits per heavy atom. The van der Waals surface area contributed by atoms with Gasteiger partial charge in [0.1, 0.15) is 43.2 Å². The Bertz CT molecular complexity index is 1930. The molecule has 2 unspecified atom stereocenters. The number of hydrogen-bond acceptors (Lipinski definition) is 13. The van der Waals surface area contributed by atoms with Gasteiger partial charge in [0.05, 0.1) is 42.6 Å². The van der Waals surface area contributed by atoms with Crippen LogP contribution in [0.4, 0.5) is 0 Å². The number of esters is 5. The molecule has 0 aliphatic carbocycles. The molecule has 4 rings (SSSR count). The number of carbonyl (C=O) groups is 5. The summed E-state index contributed by atoms with van der Waals surface area (Å²) in [6.45, 7) is 11.1. The summed E-state index contributed by atoms with van der Waals surface area (Å²) in [5, 5.41) is 0. The highest BCUT2D eigenvalue weighted by Gasteiger charge is 2.15. The molecule has 0 bridgehead atoms. The minimum atomic E-state index is -0.596. The number of ether oxygens (including phenoxy) is 8. The molecule has 0 heterocycles. The lowest BCUT2D eigenvalue weighted by Crippen LogP contribution is -2.21. The molecule has 0 aromatic heterocycles. The quantitative estimate of drug-likeness (QED) is 0.0294. The Kier molecular flexibility index (Phi) is 16.5. The molecule has 4 aromatic carbocycles. The molecule has 56 heavy (non-hydrogen) atoms. The van der Waals surface area contributed by atoms with E-state index >= 15 is 0 Å². The van der Waals surface area contributed by atoms with E-state index in [1.165, 1.54) is 24.3 Å². The van der Waals surface area contributed by atoms with Crippen LogP contribution in [0.2, 0.25) is 0 Å². The van der Waals surface area contributed by atoms with E-state index in [0.29, 0.717) is 22.6 Å². The van der Waals surface area contributed by atoms with Crippen LogP contribution in [0.1, 0.15) is 44.9 Å². The standard InChI is InChI=1S/C43H42O13/c1-5-39(44)52-24-23-49-27-30(4)54-41(46)33-9-7-31(8-10-33)32-11-19-37(20-12-32)55-43(48)35-15-21-38(22-16-35)56-42(47)34-13-17-36(18-14-34)51-26-25-50-29(3)28-53-40(45)6-2/h5-22,29-30H,1-2,23-28H2,3-4H3. The monoisotopic (exact) mass is 766 g/mol. The van der Waals surface area contributed by atoms with Crippen molar-refractivity contribution in [3.05, 3.63) is 139 Å². The molecule has 0 aliphatic rings. The first-order chi connectivity index (χ1) is 27.0. The molecule has 0 amide bonds. The second kappa shape index (κ2) is 22.0. The Morgan fingerprint density at radius 3 is 1.54 bits per heavy atom. The SMILES string of the molecule is C=CC(=O)OCCOCC(C)OC(=O)c1ccc(-c2ccc(OC(=O)c3ccc(OC(=O)c4ccc(OCCOC(C)COC(=O)C=C)cc4)cc3)cc2)cc1. The fourth-order valence-corrected chi connectivity index (χ4v) is 4.70. The summed E-state index contributed by atoms with van der Waals surface area (Å²) < 4.78 is 42.7. The summed E-state index contributed by atoms with van der Waals surface area (Å²) in [5.74, 6) is -1.65. The van der Waals surface area contributed by atoms with E-state index in [9.17, 15) is 24.0 Å². The van der Waals surface area contributed by atoms with Crippen LogP contribution in [0, 0.1) is 0 Å². The lowest BCUT2D eigenvalue weighted by atomic mass is 10.0. The van der Waals surface area contributed by atoms with Crippen LogP contribution in [0.25, 0.3) is 11.1 Å². The van der Waals surface area contributed by atoms with Gasteiger partial charge < -0.3 is 37.9 Å². The lowest BCUT2D eigenvalue weighted by Gasteiger charge is -2.14. The molecule has 4 aromatic rings. The first kappa shape index (κ1) is 42.2. The molecule has 0 saturated carbocycles. The highest BCUT2D eigenvalue weighted by molar-refractivity contribution is 5.93. The summed E-state index contributed by atoms with van der Waals surface area (Å²) in [6.07, 6.45) is 1.33. The van der Waals surface area contributed by atoms with Gasteiger partial charge in [-0.1, -0.05) is 37.4 Å². The van der Waals surface area contributed by atoms with Crippen molar-refractivity contribution < 1.29 is 61.9 Å². The molecule has 0 N–H and O–H groups in total. The van der Waals surface area contributed by atoms with Gasteiger partial charge in [-0.05, 0) is 97.8 Å². The summed E-state index contributed by atoms with van der Waals surface area (Å²) in [6, 6.07) is 26.1. The predicted molar refractivity (Wildman–Crippen MR) is 204 cm³/mol. The third kappa shape index (κ3) is 14.0. The molecular weight excluding hydrogens is 724 g/mol. The Balaban J connectivity index is 1.18. The fourth-order valence-electron chi connectivity index (χ4n) is 4.70. The summed E-state index contributed by atoms with van der Waals surface area (Å²) in [5.41, 5.74) is 2.58. The summed E-state index contributed by atoms with van der Waals surface area (Å²) in [4.78, 5) is 60.2. The summed E-state index contributed by atoms with van der Waals surface area (Å²) >= 11 is 0. The number of rotatable bonds is 21. The lowest BCUT2D eigenvalue weighted by molar-refractivity contribution is -0.142. The highest BCUT2D eigenvalue weighted by Crippen LogP contribution is 2.24. The smallest absolute Gasteiger partial charge is 0.343 e. The fraction of sp³-hybridized carbons (Fsp3) is 0.233. The molecule has 0 aliphatic heterocycles. The second-order valence-electron chi connectivity index (χ2n) is 12.0. The van der Waals surface area contributed by atoms with Crippen LogP contribution in [-0.2, 0) is 33.3 Å². The average Bonchev–Trinajstić information content (AvgIpc) is 3.22. The zero-order valence-electron chi connectivity index (χ0n) is 31.0. The van der Waals surface area contributed by atoms with Crippen molar-refractivity contribution in [2.24, 2.45) is 0 Å². The van der Waals surface area contributed by atoms with Crippen LogP contribution in [0.5, 0.6) is 17.2 Å². The first-order valence-corrected chi connectivity index (χ1v) is 17.5. The molecule has 0 fully saturated rings. The van der Waals surface area contributed by atoms with Gasteiger partial charge >= 0.3 is 29.8 Å². The maximum Gasteiger partial charge on any atom is 0.343 e. The van der Waals surface area contributed by atoms with E-state index in [1.54, 1.807) is 86.6 Å². The van der Waals surface area contributed by atoms with Crippen molar-refractivity contribution in [2.75, 3.05) is 39.6 Å². The zero-order chi connectivity index (χ0) is 40.3. The third-order valence-electron chi connectivity index (χ3n) is 7.59. The molecule has 13 nitrogen and oxygen atoms in total. The highest BCUT2D eigenvalue weighted by atomic mass is 16.6. The normalized spacial score (nSPS) is 11.6. The van der Waals surface area contributed by atoms with E-state index < -0.39 is 36.0 Å². The van der Waals surface area contributed by atoms with Crippen molar-refractivity contribution in [2.45, 2.75) is 26.1 Å². The van der Waals surface area contributed by atoms with Crippen molar-refractivity contribution in [1.82, 2.24) is 0 Å². The molecular formula is C43H42O13. The van der Waals surface area contributed by atoms with Crippen LogP contribution in [-0.4, -0.2) is 81.7 Å². The van der Waals surface area contributed by atoms with Gasteiger partial charge in [0.15, 0.2) is 0 Å². The van der Waals surface area contributed by atoms with Gasteiger partial charge in [-0.25, -0.2) is 24.0 Å². The largest absolute Gasteiger partial charge is 0.491 e. The number of carbonyl (C=O) groups excluding carboxylic acids is 5. The van der Waals surface area contributed by atoms with Gasteiger partial charge in [-0.2, -0.15) is 0 Å². The first-order valence-electron chi connectivity index (χ1n) is 17.5. The van der Waals surface area contributed by atoms with Crippen LogP contribution in [0.15, 0.2) is 122 Å². The molecule has 0 saturated heterocycles. The van der Waals surface area contributed by atoms with E-state index in [2.05, 4.69) is 13.2 Å². The predicted octanol–water partition coefficient (Wildman–Crippen LogP) is 6.60. The molecule has 0 spiro atoms. The number of hydrogen-bond donors (Lipinski definition) is 0. The van der Waals surface area contributed by atoms with E-state index in [4.69, 9.17) is 37.9 Å². The maximum absolute atomic E-state index is 12.8. The molecule has 13 heteroatoms. The van der Waals surface area contributed by atoms with E-state index in [-0.39, 0.29) is 57.1 Å². The van der Waals surface area contributed by atoms with Gasteiger partial charge in [-0.15, -0.1) is 0 Å². The van der Waals surface area contributed by atoms with Gasteiger partial charge in [0.25, 0.3) is 0 Å². The molecule has 0 radical (unpaired) electrons. The second-order valence-corrected chi connectivity index (χ2v) is 12.0. The topological polar surface area (TPSA) is 159 Å². The van der Waals surface area contributed by atoms with Crippen LogP contribution in [0.3, 0.4) is 0 Å². The average molecular weight is 767 g/mol. The van der Waals surface area contributed by atoms with E-state index in [1.807, 2.05) is 0 Å². The zero-order valence-corrected chi connectivity index (χ0v) is 31.0. The minimum absolute atomic E-state index is 0.0713. The molecule has 2 atom stereocenters. The van der Waals surface area contributed by atoms with Crippen LogP contribution < -0.4 is 14.2 Å². The van der Waals surface area contributed by atoms with Gasteiger partial charge in [0.2, 0.25) is 0 Å². The summed E-state index contributed by atoms with van der Waals surface area (Å²) in [7, 11) is 0. The Morgan fingerprint density at radius 2 is 0.982 bits per heavy atom. The van der Waals surface area contributed by atoms with Crippen molar-refractivity contribution in [3.8, 4) is 28.4 Å².